The zero-order chi connectivity index (χ0) is 24.3. The van der Waals surface area contributed by atoms with Crippen LogP contribution in [0.25, 0.3) is 11.4 Å². The molecule has 1 aliphatic rings. The van der Waals surface area contributed by atoms with Crippen molar-refractivity contribution in [2.24, 2.45) is 5.73 Å². The van der Waals surface area contributed by atoms with Crippen molar-refractivity contribution in [2.45, 2.75) is 25.7 Å². The summed E-state index contributed by atoms with van der Waals surface area (Å²) >= 11 is 1.45. The van der Waals surface area contributed by atoms with Crippen LogP contribution in [0.4, 0.5) is 10.2 Å². The van der Waals surface area contributed by atoms with Gasteiger partial charge in [0.15, 0.2) is 11.6 Å². The highest BCUT2D eigenvalue weighted by Crippen LogP contribution is 2.29. The van der Waals surface area contributed by atoms with Gasteiger partial charge in [0, 0.05) is 17.9 Å². The van der Waals surface area contributed by atoms with Crippen LogP contribution in [-0.2, 0) is 9.47 Å². The molecule has 4 rings (SSSR count). The van der Waals surface area contributed by atoms with E-state index in [0.29, 0.717) is 41.9 Å². The van der Waals surface area contributed by atoms with Crippen molar-refractivity contribution < 1.29 is 23.4 Å². The van der Waals surface area contributed by atoms with Gasteiger partial charge in [-0.3, -0.25) is 9.10 Å². The fraction of sp³-hybridized carbons (Fsp3) is 0.292. The van der Waals surface area contributed by atoms with Gasteiger partial charge >= 0.3 is 0 Å². The van der Waals surface area contributed by atoms with Gasteiger partial charge in [-0.15, -0.1) is 0 Å². The van der Waals surface area contributed by atoms with Crippen LogP contribution in [0.3, 0.4) is 0 Å². The molecular weight excluding hydrogens is 459 g/mol. The molecule has 1 unspecified atom stereocenters. The third kappa shape index (κ3) is 5.82. The number of rotatable bonds is 8. The van der Waals surface area contributed by atoms with E-state index in [4.69, 9.17) is 19.9 Å². The van der Waals surface area contributed by atoms with Crippen LogP contribution < -0.4 is 14.8 Å². The minimum Gasteiger partial charge on any atom is -0.457 e. The van der Waals surface area contributed by atoms with Crippen molar-refractivity contribution in [3.8, 4) is 22.9 Å². The molecule has 1 saturated heterocycles. The number of ether oxygens (including phenoxy) is 3. The highest BCUT2D eigenvalue weighted by atomic mass is 32.2. The number of carbonyl (C=O) groups is 1. The fourth-order valence-electron chi connectivity index (χ4n) is 3.43. The maximum atomic E-state index is 13.1. The van der Waals surface area contributed by atoms with Crippen molar-refractivity contribution in [3.05, 3.63) is 66.1 Å². The summed E-state index contributed by atoms with van der Waals surface area (Å²) in [6.45, 7) is 4.70. The number of hydrogen-bond donors (Lipinski definition) is 1. The Morgan fingerprint density at radius 3 is 2.38 bits per heavy atom. The van der Waals surface area contributed by atoms with Crippen LogP contribution in [0.1, 0.15) is 24.3 Å². The van der Waals surface area contributed by atoms with Gasteiger partial charge in [0.05, 0.1) is 13.2 Å². The number of halogens is 1. The van der Waals surface area contributed by atoms with Gasteiger partial charge in [0.2, 0.25) is 0 Å². The molecule has 0 saturated carbocycles. The van der Waals surface area contributed by atoms with Gasteiger partial charge in [-0.25, -0.2) is 14.4 Å². The van der Waals surface area contributed by atoms with Crippen LogP contribution in [0, 0.1) is 5.82 Å². The summed E-state index contributed by atoms with van der Waals surface area (Å²) in [7, 11) is 0. The van der Waals surface area contributed by atoms with E-state index < -0.39 is 11.7 Å². The number of nitrogens with zero attached hydrogens (tertiary/aromatic N) is 3. The number of hydrogen-bond acceptors (Lipinski definition) is 8. The Labute approximate surface area is 201 Å². The van der Waals surface area contributed by atoms with Gasteiger partial charge in [0.25, 0.3) is 5.91 Å². The van der Waals surface area contributed by atoms with Crippen molar-refractivity contribution in [3.63, 3.8) is 0 Å². The Morgan fingerprint density at radius 1 is 1.18 bits per heavy atom. The maximum Gasteiger partial charge on any atom is 0.267 e. The molecule has 2 aromatic carbocycles. The van der Waals surface area contributed by atoms with E-state index in [9.17, 15) is 9.18 Å². The molecule has 0 bridgehead atoms. The van der Waals surface area contributed by atoms with E-state index in [2.05, 4.69) is 9.97 Å². The molecule has 1 aliphatic heterocycles. The van der Waals surface area contributed by atoms with E-state index in [0.717, 1.165) is 0 Å². The van der Waals surface area contributed by atoms with Crippen molar-refractivity contribution in [2.75, 3.05) is 23.7 Å². The van der Waals surface area contributed by atoms with Gasteiger partial charge < -0.3 is 19.9 Å². The van der Waals surface area contributed by atoms with Crippen LogP contribution in [0.5, 0.6) is 11.5 Å². The first kappa shape index (κ1) is 23.9. The number of anilines is 1. The minimum atomic E-state index is -0.649. The maximum absolute atomic E-state index is 13.1. The van der Waals surface area contributed by atoms with E-state index in [1.165, 1.54) is 24.1 Å². The summed E-state index contributed by atoms with van der Waals surface area (Å²) < 4.78 is 32.3. The Bertz CT molecular complexity index is 1160. The third-order valence-corrected chi connectivity index (χ3v) is 5.82. The van der Waals surface area contributed by atoms with E-state index in [1.54, 1.807) is 42.5 Å². The monoisotopic (exact) mass is 484 g/mol. The fourth-order valence-corrected chi connectivity index (χ4v) is 4.02. The lowest BCUT2D eigenvalue weighted by atomic mass is 10.2. The Balaban J connectivity index is 1.57. The molecule has 2 heterocycles. The molecule has 0 aliphatic carbocycles. The molecule has 1 fully saturated rings. The first-order valence-electron chi connectivity index (χ1n) is 10.6. The predicted octanol–water partition coefficient (Wildman–Crippen LogP) is 4.41. The lowest BCUT2D eigenvalue weighted by Crippen LogP contribution is -2.31. The molecule has 3 aromatic rings. The molecular formula is C24H25FN4O4S. The number of nitrogens with two attached hydrogens (primary N) is 1. The second kappa shape index (κ2) is 9.96. The predicted molar refractivity (Wildman–Crippen MR) is 128 cm³/mol. The summed E-state index contributed by atoms with van der Waals surface area (Å²) in [5.74, 6) is 0.341. The summed E-state index contributed by atoms with van der Waals surface area (Å²) in [6.07, 6.45) is 1.76. The largest absolute Gasteiger partial charge is 0.457 e. The lowest BCUT2D eigenvalue weighted by Gasteiger charge is -2.24. The number of amides is 1. The molecule has 8 nitrogen and oxygen atoms in total. The highest BCUT2D eigenvalue weighted by molar-refractivity contribution is 7.99. The van der Waals surface area contributed by atoms with Gasteiger partial charge in [0.1, 0.15) is 34.9 Å². The Hall–Kier alpha value is -3.21. The SMILES string of the molecule is CSN(CC1COC(C)(C)O1)c1cc(C(N)=O)nc(-c2ccc(Oc3ccc(F)cc3)cc2)n1. The molecule has 2 N–H and O–H groups in total. The molecule has 0 spiro atoms. The second-order valence-corrected chi connectivity index (χ2v) is 8.88. The number of benzene rings is 2. The first-order valence-corrected chi connectivity index (χ1v) is 11.8. The van der Waals surface area contributed by atoms with E-state index in [-0.39, 0.29) is 17.6 Å². The molecule has 10 heteroatoms. The Morgan fingerprint density at radius 2 is 1.82 bits per heavy atom. The molecule has 1 atom stereocenters. The van der Waals surface area contributed by atoms with Gasteiger partial charge in [-0.05, 0) is 62.4 Å². The number of aromatic nitrogens is 2. The summed E-state index contributed by atoms with van der Waals surface area (Å²) in [5, 5.41) is 0. The summed E-state index contributed by atoms with van der Waals surface area (Å²) in [5.41, 5.74) is 6.33. The molecule has 178 valence electrons. The topological polar surface area (TPSA) is 99.8 Å². The zero-order valence-corrected chi connectivity index (χ0v) is 19.8. The average Bonchev–Trinajstić information content (AvgIpc) is 3.17. The second-order valence-electron chi connectivity index (χ2n) is 8.07. The summed E-state index contributed by atoms with van der Waals surface area (Å²) in [4.78, 5) is 21.0. The quantitative estimate of drug-likeness (QED) is 0.470. The smallest absolute Gasteiger partial charge is 0.267 e. The molecule has 0 radical (unpaired) electrons. The molecule has 1 amide bonds. The highest BCUT2D eigenvalue weighted by Gasteiger charge is 2.34. The van der Waals surface area contributed by atoms with Crippen molar-refractivity contribution >= 4 is 23.7 Å². The van der Waals surface area contributed by atoms with Crippen molar-refractivity contribution in [1.29, 1.82) is 0 Å². The van der Waals surface area contributed by atoms with Crippen LogP contribution in [-0.4, -0.2) is 47.2 Å². The number of primary amides is 1. The Kier molecular flexibility index (Phi) is 7.01. The lowest BCUT2D eigenvalue weighted by molar-refractivity contribution is -0.136. The molecule has 34 heavy (non-hydrogen) atoms. The zero-order valence-electron chi connectivity index (χ0n) is 19.0. The van der Waals surface area contributed by atoms with E-state index >= 15 is 0 Å². The third-order valence-electron chi connectivity index (χ3n) is 5.04. The van der Waals surface area contributed by atoms with Gasteiger partial charge in [-0.1, -0.05) is 11.9 Å². The normalized spacial score (nSPS) is 16.9. The average molecular weight is 485 g/mol. The number of carbonyl (C=O) groups excluding carboxylic acids is 1. The standard InChI is InChI=1S/C24H25FN4O4S/c1-24(2)31-14-19(33-24)13-29(34-3)21-12-20(22(26)30)27-23(28-21)15-4-8-17(9-5-15)32-18-10-6-16(25)7-11-18/h4-12,19H,13-14H2,1-3H3,(H2,26,30). The molecule has 1 aromatic heterocycles. The van der Waals surface area contributed by atoms with Crippen molar-refractivity contribution in [1.82, 2.24) is 9.97 Å². The van der Waals surface area contributed by atoms with Crippen LogP contribution >= 0.6 is 11.9 Å². The van der Waals surface area contributed by atoms with Gasteiger partial charge in [-0.2, -0.15) is 0 Å². The minimum absolute atomic E-state index is 0.106. The summed E-state index contributed by atoms with van der Waals surface area (Å²) in [6, 6.07) is 14.4. The first-order chi connectivity index (χ1) is 16.2. The van der Waals surface area contributed by atoms with Crippen LogP contribution in [0.2, 0.25) is 0 Å². The van der Waals surface area contributed by atoms with E-state index in [1.807, 2.05) is 24.4 Å². The van der Waals surface area contributed by atoms with Crippen LogP contribution in [0.15, 0.2) is 54.6 Å².